The maximum atomic E-state index is 15.5. The van der Waals surface area contributed by atoms with Gasteiger partial charge < -0.3 is 5.11 Å². The summed E-state index contributed by atoms with van der Waals surface area (Å²) in [6.45, 7) is 4.73. The Morgan fingerprint density at radius 2 is 1.63 bits per heavy atom. The van der Waals surface area contributed by atoms with E-state index in [1.165, 1.54) is 22.8 Å². The van der Waals surface area contributed by atoms with Crippen molar-refractivity contribution < 1.29 is 17.9 Å². The van der Waals surface area contributed by atoms with Crippen molar-refractivity contribution in [3.05, 3.63) is 88.4 Å². The minimum atomic E-state index is -3.40. The van der Waals surface area contributed by atoms with Crippen LogP contribution in [0.2, 0.25) is 10.0 Å². The van der Waals surface area contributed by atoms with E-state index in [9.17, 15) is 13.5 Å². The van der Waals surface area contributed by atoms with Gasteiger partial charge in [0, 0.05) is 6.20 Å². The molecule has 1 aromatic heterocycles. The molecule has 0 aliphatic heterocycles. The molecule has 0 atom stereocenters. The van der Waals surface area contributed by atoms with E-state index < -0.39 is 21.3 Å². The summed E-state index contributed by atoms with van der Waals surface area (Å²) >= 11 is 12.8. The van der Waals surface area contributed by atoms with E-state index in [0.717, 1.165) is 0 Å². The third-order valence-electron chi connectivity index (χ3n) is 5.63. The fourth-order valence-electron chi connectivity index (χ4n) is 3.66. The van der Waals surface area contributed by atoms with Crippen LogP contribution in [0.4, 0.5) is 4.39 Å². The van der Waals surface area contributed by atoms with Crippen molar-refractivity contribution in [3.63, 3.8) is 0 Å². The molecule has 9 heteroatoms. The molecule has 0 bridgehead atoms. The van der Waals surface area contributed by atoms with Gasteiger partial charge in [0.15, 0.2) is 9.84 Å². The summed E-state index contributed by atoms with van der Waals surface area (Å²) in [7, 11) is -3.40. The topological polar surface area (TPSA) is 72.2 Å². The Hall–Kier alpha value is -2.71. The number of benzene rings is 3. The summed E-state index contributed by atoms with van der Waals surface area (Å²) in [5, 5.41) is 11.2. The number of sulfone groups is 1. The number of nitrogens with zero attached hydrogens (tertiary/aromatic N) is 2. The molecule has 0 aliphatic carbocycles. The second kappa shape index (κ2) is 9.39. The Labute approximate surface area is 213 Å². The lowest BCUT2D eigenvalue weighted by atomic mass is 10.0. The monoisotopic (exact) mass is 532 g/mol. The Morgan fingerprint density at radius 3 is 2.23 bits per heavy atom. The molecule has 0 saturated carbocycles. The van der Waals surface area contributed by atoms with Crippen molar-refractivity contribution in [1.29, 1.82) is 0 Å². The second-order valence-electron chi connectivity index (χ2n) is 8.57. The van der Waals surface area contributed by atoms with Crippen LogP contribution in [0.3, 0.4) is 0 Å². The van der Waals surface area contributed by atoms with Crippen LogP contribution in [0.1, 0.15) is 26.5 Å². The van der Waals surface area contributed by atoms with E-state index in [0.29, 0.717) is 32.4 Å². The highest BCUT2D eigenvalue weighted by Crippen LogP contribution is 2.37. The van der Waals surface area contributed by atoms with Crippen molar-refractivity contribution in [1.82, 2.24) is 9.55 Å². The summed E-state index contributed by atoms with van der Waals surface area (Å²) in [6, 6.07) is 16.0. The molecule has 0 fully saturated rings. The highest BCUT2D eigenvalue weighted by Gasteiger charge is 2.26. The van der Waals surface area contributed by atoms with Crippen molar-refractivity contribution in [3.8, 4) is 28.2 Å². The molecule has 1 heterocycles. The predicted molar refractivity (Wildman–Crippen MR) is 137 cm³/mol. The van der Waals surface area contributed by atoms with Crippen molar-refractivity contribution >= 4 is 33.0 Å². The van der Waals surface area contributed by atoms with Gasteiger partial charge in [-0.2, -0.15) is 0 Å². The largest absolute Gasteiger partial charge is 0.384 e. The molecular weight excluding hydrogens is 510 g/mol. The van der Waals surface area contributed by atoms with Gasteiger partial charge in [0.1, 0.15) is 17.2 Å². The molecule has 0 aliphatic rings. The van der Waals surface area contributed by atoms with Crippen molar-refractivity contribution in [2.75, 3.05) is 5.75 Å². The van der Waals surface area contributed by atoms with Crippen LogP contribution < -0.4 is 0 Å². The van der Waals surface area contributed by atoms with Gasteiger partial charge in [0.05, 0.1) is 37.6 Å². The van der Waals surface area contributed by atoms with E-state index in [-0.39, 0.29) is 22.2 Å². The number of hydrogen-bond donors (Lipinski definition) is 1. The van der Waals surface area contributed by atoms with Gasteiger partial charge >= 0.3 is 0 Å². The Balaban J connectivity index is 1.87. The molecule has 4 aromatic rings. The van der Waals surface area contributed by atoms with Gasteiger partial charge in [-0.1, -0.05) is 54.4 Å². The number of halogens is 3. The molecule has 0 amide bonds. The molecule has 182 valence electrons. The zero-order valence-corrected chi connectivity index (χ0v) is 21.6. The lowest BCUT2D eigenvalue weighted by Gasteiger charge is -2.13. The van der Waals surface area contributed by atoms with Crippen molar-refractivity contribution in [2.45, 2.75) is 31.3 Å². The first-order chi connectivity index (χ1) is 16.4. The zero-order chi connectivity index (χ0) is 25.5. The zero-order valence-electron chi connectivity index (χ0n) is 19.3. The molecule has 35 heavy (non-hydrogen) atoms. The molecule has 1 N–H and O–H groups in total. The Morgan fingerprint density at radius 1 is 1.00 bits per heavy atom. The first-order valence-corrected chi connectivity index (χ1v) is 13.2. The molecule has 0 unspecified atom stereocenters. The lowest BCUT2D eigenvalue weighted by molar-refractivity contribution is 0.0743. The van der Waals surface area contributed by atoms with Gasteiger partial charge in [-0.3, -0.25) is 4.57 Å². The molecule has 4 rings (SSSR count). The average Bonchev–Trinajstić information content (AvgIpc) is 3.24. The first-order valence-electron chi connectivity index (χ1n) is 10.8. The predicted octanol–water partition coefficient (Wildman–Crippen LogP) is 6.67. The van der Waals surface area contributed by atoms with Gasteiger partial charge in [-0.15, -0.1) is 0 Å². The summed E-state index contributed by atoms with van der Waals surface area (Å²) < 4.78 is 41.6. The van der Waals surface area contributed by atoms with Crippen LogP contribution in [0, 0.1) is 5.82 Å². The smallest absolute Gasteiger partial charge is 0.178 e. The first kappa shape index (κ1) is 25.4. The fraction of sp³-hybridized carbons (Fsp3) is 0.192. The van der Waals surface area contributed by atoms with Gasteiger partial charge in [-0.05, 0) is 61.4 Å². The normalized spacial score (nSPS) is 12.2. The SMILES string of the molecule is CCS(=O)(=O)c1cccc(-c2ccc(-n3cc(C(C)(C)O)nc3-c3c(Cl)cccc3Cl)c(F)c2)c1. The average molecular weight is 533 g/mol. The lowest BCUT2D eigenvalue weighted by Crippen LogP contribution is -2.15. The van der Waals surface area contributed by atoms with E-state index in [1.54, 1.807) is 69.4 Å². The number of aliphatic hydroxyl groups is 1. The van der Waals surface area contributed by atoms with E-state index >= 15 is 4.39 Å². The molecule has 3 aromatic carbocycles. The number of imidazole rings is 1. The maximum absolute atomic E-state index is 15.5. The molecular formula is C26H23Cl2FN2O3S. The highest BCUT2D eigenvalue weighted by atomic mass is 35.5. The summed E-state index contributed by atoms with van der Waals surface area (Å²) in [6.07, 6.45) is 1.54. The third-order valence-corrected chi connectivity index (χ3v) is 8.00. The number of aromatic nitrogens is 2. The fourth-order valence-corrected chi connectivity index (χ4v) is 5.16. The quantitative estimate of drug-likeness (QED) is 0.300. The Kier molecular flexibility index (Phi) is 6.81. The maximum Gasteiger partial charge on any atom is 0.178 e. The standard InChI is InChI=1S/C26H23Cl2FN2O3S/c1-4-35(33,34)18-8-5-7-16(13-18)17-11-12-22(21(29)14-17)31-15-23(26(2,3)32)30-25(31)24-19(27)9-6-10-20(24)28/h5-15,32H,4H2,1-3H3. The van der Waals surface area contributed by atoms with E-state index in [4.69, 9.17) is 23.2 Å². The minimum Gasteiger partial charge on any atom is -0.384 e. The van der Waals surface area contributed by atoms with Crippen LogP contribution in [-0.4, -0.2) is 28.8 Å². The van der Waals surface area contributed by atoms with E-state index in [1.807, 2.05) is 0 Å². The van der Waals surface area contributed by atoms with Crippen LogP contribution >= 0.6 is 23.2 Å². The molecule has 0 spiro atoms. The minimum absolute atomic E-state index is 0.0265. The van der Waals surface area contributed by atoms with Crippen LogP contribution in [-0.2, 0) is 15.4 Å². The highest BCUT2D eigenvalue weighted by molar-refractivity contribution is 7.91. The van der Waals surface area contributed by atoms with E-state index in [2.05, 4.69) is 4.98 Å². The molecule has 0 radical (unpaired) electrons. The van der Waals surface area contributed by atoms with Crippen LogP contribution in [0.15, 0.2) is 71.8 Å². The van der Waals surface area contributed by atoms with Gasteiger partial charge in [0.25, 0.3) is 0 Å². The number of rotatable bonds is 6. The van der Waals surface area contributed by atoms with Crippen LogP contribution in [0.25, 0.3) is 28.2 Å². The van der Waals surface area contributed by atoms with Gasteiger partial charge in [-0.25, -0.2) is 17.8 Å². The van der Waals surface area contributed by atoms with Crippen molar-refractivity contribution in [2.24, 2.45) is 0 Å². The van der Waals surface area contributed by atoms with Gasteiger partial charge in [0.2, 0.25) is 0 Å². The molecule has 0 saturated heterocycles. The summed E-state index contributed by atoms with van der Waals surface area (Å²) in [5.74, 6) is -0.322. The summed E-state index contributed by atoms with van der Waals surface area (Å²) in [5.41, 5.74) is 0.675. The second-order valence-corrected chi connectivity index (χ2v) is 11.7. The molecule has 5 nitrogen and oxygen atoms in total. The summed E-state index contributed by atoms with van der Waals surface area (Å²) in [4.78, 5) is 4.71. The third kappa shape index (κ3) is 5.00. The van der Waals surface area contributed by atoms with Crippen LogP contribution in [0.5, 0.6) is 0 Å². The Bertz CT molecular complexity index is 1510. The number of hydrogen-bond acceptors (Lipinski definition) is 4.